The summed E-state index contributed by atoms with van der Waals surface area (Å²) in [5, 5.41) is -0.391. The van der Waals surface area contributed by atoms with Gasteiger partial charge in [-0.15, -0.1) is 0 Å². The molecule has 0 aromatic carbocycles. The van der Waals surface area contributed by atoms with Crippen LogP contribution in [0.3, 0.4) is 0 Å². The van der Waals surface area contributed by atoms with E-state index in [1.165, 1.54) is 0 Å². The van der Waals surface area contributed by atoms with Gasteiger partial charge < -0.3 is 5.73 Å². The molecule has 0 heterocycles. The first-order valence-corrected chi connectivity index (χ1v) is 8.04. The number of hydrogen-bond donors (Lipinski definition) is 1. The van der Waals surface area contributed by atoms with Crippen molar-refractivity contribution >= 4 is 10.0 Å². The lowest BCUT2D eigenvalue weighted by Gasteiger charge is -2.42. The number of rotatable bonds is 8. The molecule has 0 radical (unpaired) electrons. The van der Waals surface area contributed by atoms with Crippen LogP contribution >= 0.6 is 0 Å². The maximum absolute atomic E-state index is 12.4. The van der Waals surface area contributed by atoms with E-state index in [1.807, 2.05) is 20.8 Å². The summed E-state index contributed by atoms with van der Waals surface area (Å²) in [7, 11) is -3.24. The summed E-state index contributed by atoms with van der Waals surface area (Å²) in [5.74, 6) is 0. The van der Waals surface area contributed by atoms with Gasteiger partial charge in [-0.3, -0.25) is 0 Å². The Kier molecular flexibility index (Phi) is 6.66. The quantitative estimate of drug-likeness (QED) is 0.729. The Morgan fingerprint density at radius 2 is 1.65 bits per heavy atom. The van der Waals surface area contributed by atoms with Gasteiger partial charge in [0.2, 0.25) is 10.0 Å². The van der Waals surface area contributed by atoms with Gasteiger partial charge in [-0.2, -0.15) is 4.31 Å². The lowest BCUT2D eigenvalue weighted by Crippen LogP contribution is -2.57. The molecule has 2 N–H and O–H groups in total. The first-order valence-electron chi connectivity index (χ1n) is 6.54. The molecule has 17 heavy (non-hydrogen) atoms. The topological polar surface area (TPSA) is 63.4 Å². The van der Waals surface area contributed by atoms with Crippen LogP contribution in [0.2, 0.25) is 0 Å². The van der Waals surface area contributed by atoms with E-state index in [0.29, 0.717) is 13.1 Å². The molecule has 0 saturated carbocycles. The molecule has 0 saturated heterocycles. The van der Waals surface area contributed by atoms with E-state index in [4.69, 9.17) is 5.73 Å². The fourth-order valence-electron chi connectivity index (χ4n) is 2.09. The van der Waals surface area contributed by atoms with Crippen molar-refractivity contribution in [1.82, 2.24) is 4.31 Å². The van der Waals surface area contributed by atoms with Gasteiger partial charge in [0.05, 0.1) is 5.25 Å². The van der Waals surface area contributed by atoms with E-state index in [9.17, 15) is 8.42 Å². The van der Waals surface area contributed by atoms with Gasteiger partial charge in [0, 0.05) is 18.6 Å². The summed E-state index contributed by atoms with van der Waals surface area (Å²) in [6.07, 6.45) is 2.33. The van der Waals surface area contributed by atoms with Crippen molar-refractivity contribution in [2.24, 2.45) is 5.73 Å². The van der Waals surface area contributed by atoms with Crippen LogP contribution in [0.15, 0.2) is 0 Å². The van der Waals surface area contributed by atoms with Gasteiger partial charge in [-0.1, -0.05) is 20.8 Å². The number of hydrogen-bond acceptors (Lipinski definition) is 3. The SMILES string of the molecule is CCCN(C(CC)(CC)CN)S(=O)(=O)C(C)C. The van der Waals surface area contributed by atoms with E-state index >= 15 is 0 Å². The molecule has 104 valence electrons. The molecule has 5 heteroatoms. The number of nitrogens with zero attached hydrogens (tertiary/aromatic N) is 1. The minimum atomic E-state index is -3.24. The van der Waals surface area contributed by atoms with Gasteiger partial charge in [0.15, 0.2) is 0 Å². The van der Waals surface area contributed by atoms with Crippen molar-refractivity contribution in [2.45, 2.75) is 64.7 Å². The molecule has 0 fully saturated rings. The molecule has 0 spiro atoms. The Bertz CT molecular complexity index is 300. The first-order chi connectivity index (χ1) is 7.82. The summed E-state index contributed by atoms with van der Waals surface area (Å²) < 4.78 is 26.5. The van der Waals surface area contributed by atoms with Crippen LogP contribution < -0.4 is 5.73 Å². The zero-order valence-electron chi connectivity index (χ0n) is 11.9. The Balaban J connectivity index is 5.49. The molecule has 0 atom stereocenters. The van der Waals surface area contributed by atoms with Crippen molar-refractivity contribution in [3.63, 3.8) is 0 Å². The third-order valence-electron chi connectivity index (χ3n) is 3.55. The van der Waals surface area contributed by atoms with Gasteiger partial charge in [0.25, 0.3) is 0 Å². The van der Waals surface area contributed by atoms with Crippen molar-refractivity contribution in [3.05, 3.63) is 0 Å². The molecule has 0 amide bonds. The lowest BCUT2D eigenvalue weighted by atomic mass is 9.93. The highest BCUT2D eigenvalue weighted by molar-refractivity contribution is 7.89. The highest BCUT2D eigenvalue weighted by atomic mass is 32.2. The van der Waals surface area contributed by atoms with Crippen molar-refractivity contribution in [1.29, 1.82) is 0 Å². The average Bonchev–Trinajstić information content (AvgIpc) is 2.30. The molecule has 0 rings (SSSR count). The normalized spacial score (nSPS) is 13.6. The first kappa shape index (κ1) is 16.9. The Morgan fingerprint density at radius 1 is 1.18 bits per heavy atom. The number of nitrogens with two attached hydrogens (primary N) is 1. The maximum atomic E-state index is 12.4. The third-order valence-corrected chi connectivity index (χ3v) is 5.93. The summed E-state index contributed by atoms with van der Waals surface area (Å²) in [6.45, 7) is 10.4. The van der Waals surface area contributed by atoms with Gasteiger partial charge >= 0.3 is 0 Å². The molecule has 0 aromatic rings. The van der Waals surface area contributed by atoms with Gasteiger partial charge in [0.1, 0.15) is 0 Å². The monoisotopic (exact) mass is 264 g/mol. The highest BCUT2D eigenvalue weighted by Gasteiger charge is 2.40. The predicted molar refractivity (Wildman–Crippen MR) is 73.4 cm³/mol. The third kappa shape index (κ3) is 3.42. The van der Waals surface area contributed by atoms with E-state index in [-0.39, 0.29) is 0 Å². The van der Waals surface area contributed by atoms with E-state index < -0.39 is 20.8 Å². The van der Waals surface area contributed by atoms with E-state index in [0.717, 1.165) is 19.3 Å². The molecular weight excluding hydrogens is 236 g/mol. The van der Waals surface area contributed by atoms with Crippen LogP contribution in [0.1, 0.15) is 53.9 Å². The van der Waals surface area contributed by atoms with Crippen molar-refractivity contribution in [2.75, 3.05) is 13.1 Å². The fourth-order valence-corrected chi connectivity index (χ4v) is 3.90. The minimum Gasteiger partial charge on any atom is -0.329 e. The summed E-state index contributed by atoms with van der Waals surface area (Å²) in [6, 6.07) is 0. The van der Waals surface area contributed by atoms with Crippen molar-refractivity contribution < 1.29 is 8.42 Å². The Hall–Kier alpha value is -0.130. The second kappa shape index (κ2) is 6.71. The molecule has 0 aliphatic heterocycles. The largest absolute Gasteiger partial charge is 0.329 e. The molecule has 0 bridgehead atoms. The van der Waals surface area contributed by atoms with Gasteiger partial charge in [-0.05, 0) is 33.1 Å². The second-order valence-corrected chi connectivity index (χ2v) is 7.21. The smallest absolute Gasteiger partial charge is 0.216 e. The van der Waals surface area contributed by atoms with Crippen LogP contribution in [0.5, 0.6) is 0 Å². The summed E-state index contributed by atoms with van der Waals surface area (Å²) in [4.78, 5) is 0. The molecular formula is C12H28N2O2S. The molecule has 0 aliphatic carbocycles. The predicted octanol–water partition coefficient (Wildman–Crippen LogP) is 1.95. The minimum absolute atomic E-state index is 0.381. The molecule has 0 aliphatic rings. The second-order valence-electron chi connectivity index (χ2n) is 4.80. The maximum Gasteiger partial charge on any atom is 0.216 e. The molecule has 0 aromatic heterocycles. The molecule has 0 unspecified atom stereocenters. The van der Waals surface area contributed by atoms with Crippen LogP contribution in [0.25, 0.3) is 0 Å². The molecule has 4 nitrogen and oxygen atoms in total. The summed E-state index contributed by atoms with van der Waals surface area (Å²) in [5.41, 5.74) is 5.43. The van der Waals surface area contributed by atoms with Gasteiger partial charge in [-0.25, -0.2) is 8.42 Å². The van der Waals surface area contributed by atoms with E-state index in [2.05, 4.69) is 0 Å². The fraction of sp³-hybridized carbons (Fsp3) is 1.00. The van der Waals surface area contributed by atoms with Crippen LogP contribution in [-0.4, -0.2) is 36.6 Å². The zero-order valence-corrected chi connectivity index (χ0v) is 12.7. The zero-order chi connectivity index (χ0) is 13.7. The van der Waals surface area contributed by atoms with Crippen molar-refractivity contribution in [3.8, 4) is 0 Å². The standard InChI is InChI=1S/C12H28N2O2S/c1-6-9-14(17(15,16)11(4)5)12(7-2,8-3)10-13/h11H,6-10,13H2,1-5H3. The van der Waals surface area contributed by atoms with Crippen LogP contribution in [-0.2, 0) is 10.0 Å². The Labute approximate surface area is 107 Å². The highest BCUT2D eigenvalue weighted by Crippen LogP contribution is 2.28. The average molecular weight is 264 g/mol. The van der Waals surface area contributed by atoms with Crippen LogP contribution in [0.4, 0.5) is 0 Å². The van der Waals surface area contributed by atoms with E-state index in [1.54, 1.807) is 18.2 Å². The number of sulfonamides is 1. The lowest BCUT2D eigenvalue weighted by molar-refractivity contribution is 0.176. The Morgan fingerprint density at radius 3 is 1.88 bits per heavy atom. The summed E-state index contributed by atoms with van der Waals surface area (Å²) >= 11 is 0. The van der Waals surface area contributed by atoms with Crippen LogP contribution in [0, 0.1) is 0 Å².